The van der Waals surface area contributed by atoms with Gasteiger partial charge in [0.2, 0.25) is 0 Å². The van der Waals surface area contributed by atoms with Gasteiger partial charge in [-0.2, -0.15) is 0 Å². The molecule has 140 valence electrons. The SMILES string of the molecule is CCCCCCCCCCCOc1c(C=O)cccc1C1CCCC1. The molecule has 2 heteroatoms. The summed E-state index contributed by atoms with van der Waals surface area (Å²) in [5.41, 5.74) is 1.98. The molecular weight excluding hydrogens is 308 g/mol. The number of aldehydes is 1. The van der Waals surface area contributed by atoms with Crippen molar-refractivity contribution in [2.45, 2.75) is 96.3 Å². The van der Waals surface area contributed by atoms with Crippen LogP contribution in [0.3, 0.4) is 0 Å². The fourth-order valence-corrected chi connectivity index (χ4v) is 3.98. The van der Waals surface area contributed by atoms with Crippen molar-refractivity contribution >= 4 is 6.29 Å². The van der Waals surface area contributed by atoms with Crippen LogP contribution < -0.4 is 4.74 Å². The Morgan fingerprint density at radius 1 is 0.960 bits per heavy atom. The molecule has 1 aromatic rings. The second-order valence-electron chi connectivity index (χ2n) is 7.54. The Morgan fingerprint density at radius 3 is 2.24 bits per heavy atom. The fraction of sp³-hybridized carbons (Fsp3) is 0.696. The number of ether oxygens (including phenoxy) is 1. The summed E-state index contributed by atoms with van der Waals surface area (Å²) in [4.78, 5) is 11.4. The Labute approximate surface area is 154 Å². The second kappa shape index (κ2) is 12.1. The van der Waals surface area contributed by atoms with Crippen molar-refractivity contribution in [1.82, 2.24) is 0 Å². The normalized spacial score (nSPS) is 14.8. The van der Waals surface area contributed by atoms with E-state index in [1.807, 2.05) is 12.1 Å². The molecule has 0 saturated heterocycles. The van der Waals surface area contributed by atoms with Gasteiger partial charge in [0, 0.05) is 0 Å². The molecule has 1 aliphatic rings. The first-order valence-electron chi connectivity index (χ1n) is 10.6. The Morgan fingerprint density at radius 2 is 1.60 bits per heavy atom. The van der Waals surface area contributed by atoms with E-state index in [-0.39, 0.29) is 0 Å². The molecular formula is C23H36O2. The van der Waals surface area contributed by atoms with Gasteiger partial charge in [0.15, 0.2) is 6.29 Å². The lowest BCUT2D eigenvalue weighted by molar-refractivity contribution is 0.111. The molecule has 0 atom stereocenters. The minimum atomic E-state index is 0.582. The molecule has 0 aromatic heterocycles. The number of rotatable bonds is 13. The van der Waals surface area contributed by atoms with Crippen molar-refractivity contribution in [3.8, 4) is 5.75 Å². The standard InChI is InChI=1S/C23H36O2/c1-2-3-4-5-6-7-8-9-12-18-25-23-21(19-24)16-13-17-22(23)20-14-10-11-15-20/h13,16-17,19-20H,2-12,14-15,18H2,1H3. The topological polar surface area (TPSA) is 26.3 Å². The van der Waals surface area contributed by atoms with Crippen LogP contribution in [-0.2, 0) is 0 Å². The van der Waals surface area contributed by atoms with Crippen LogP contribution in [-0.4, -0.2) is 12.9 Å². The molecule has 0 bridgehead atoms. The van der Waals surface area contributed by atoms with Crippen LogP contribution in [0.1, 0.15) is 112 Å². The van der Waals surface area contributed by atoms with Crippen molar-refractivity contribution < 1.29 is 9.53 Å². The van der Waals surface area contributed by atoms with Crippen molar-refractivity contribution in [3.05, 3.63) is 29.3 Å². The monoisotopic (exact) mass is 344 g/mol. The van der Waals surface area contributed by atoms with Gasteiger partial charge in [-0.25, -0.2) is 0 Å². The summed E-state index contributed by atoms with van der Waals surface area (Å²) >= 11 is 0. The van der Waals surface area contributed by atoms with E-state index in [1.165, 1.54) is 82.6 Å². The summed E-state index contributed by atoms with van der Waals surface area (Å²) in [5.74, 6) is 1.45. The number of para-hydroxylation sites is 1. The van der Waals surface area contributed by atoms with Crippen molar-refractivity contribution in [1.29, 1.82) is 0 Å². The maximum atomic E-state index is 11.4. The maximum Gasteiger partial charge on any atom is 0.153 e. The molecule has 25 heavy (non-hydrogen) atoms. The van der Waals surface area contributed by atoms with E-state index >= 15 is 0 Å². The lowest BCUT2D eigenvalue weighted by Crippen LogP contribution is -2.05. The summed E-state index contributed by atoms with van der Waals surface area (Å²) in [6, 6.07) is 6.05. The van der Waals surface area contributed by atoms with E-state index < -0.39 is 0 Å². The lowest BCUT2D eigenvalue weighted by atomic mass is 9.95. The van der Waals surface area contributed by atoms with E-state index in [0.717, 1.165) is 30.6 Å². The highest BCUT2D eigenvalue weighted by atomic mass is 16.5. The van der Waals surface area contributed by atoms with Crippen LogP contribution in [0.4, 0.5) is 0 Å². The Balaban J connectivity index is 1.70. The van der Waals surface area contributed by atoms with Crippen LogP contribution in [0.5, 0.6) is 5.75 Å². The summed E-state index contributed by atoms with van der Waals surface area (Å²) in [6.45, 7) is 3.00. The van der Waals surface area contributed by atoms with Crippen LogP contribution in [0.2, 0.25) is 0 Å². The van der Waals surface area contributed by atoms with Crippen LogP contribution in [0.25, 0.3) is 0 Å². The molecule has 0 unspecified atom stereocenters. The lowest BCUT2D eigenvalue weighted by Gasteiger charge is -2.17. The highest BCUT2D eigenvalue weighted by Crippen LogP contribution is 2.39. The van der Waals surface area contributed by atoms with Crippen molar-refractivity contribution in [2.24, 2.45) is 0 Å². The smallest absolute Gasteiger partial charge is 0.153 e. The van der Waals surface area contributed by atoms with E-state index in [9.17, 15) is 4.79 Å². The fourth-order valence-electron chi connectivity index (χ4n) is 3.98. The first-order valence-corrected chi connectivity index (χ1v) is 10.6. The molecule has 1 aromatic carbocycles. The summed E-state index contributed by atoms with van der Waals surface area (Å²) in [6.07, 6.45) is 17.9. The molecule has 0 aliphatic heterocycles. The van der Waals surface area contributed by atoms with E-state index in [2.05, 4.69) is 13.0 Å². The van der Waals surface area contributed by atoms with Crippen molar-refractivity contribution in [3.63, 3.8) is 0 Å². The van der Waals surface area contributed by atoms with Gasteiger partial charge < -0.3 is 4.74 Å². The van der Waals surface area contributed by atoms with Gasteiger partial charge in [-0.1, -0.05) is 83.3 Å². The number of benzene rings is 1. The third kappa shape index (κ3) is 6.84. The van der Waals surface area contributed by atoms with Crippen LogP contribution in [0, 0.1) is 0 Å². The predicted octanol–water partition coefficient (Wildman–Crippen LogP) is 7.07. The molecule has 1 saturated carbocycles. The minimum absolute atomic E-state index is 0.582. The maximum absolute atomic E-state index is 11.4. The van der Waals surface area contributed by atoms with E-state index in [1.54, 1.807) is 0 Å². The first-order chi connectivity index (χ1) is 12.4. The van der Waals surface area contributed by atoms with Gasteiger partial charge in [0.25, 0.3) is 0 Å². The number of hydrogen-bond donors (Lipinski definition) is 0. The molecule has 0 N–H and O–H groups in total. The van der Waals surface area contributed by atoms with Gasteiger partial charge in [0.05, 0.1) is 12.2 Å². The average Bonchev–Trinajstić information content (AvgIpc) is 3.17. The molecule has 1 fully saturated rings. The van der Waals surface area contributed by atoms with Crippen molar-refractivity contribution in [2.75, 3.05) is 6.61 Å². The van der Waals surface area contributed by atoms with Gasteiger partial charge in [-0.15, -0.1) is 0 Å². The second-order valence-corrected chi connectivity index (χ2v) is 7.54. The molecule has 0 amide bonds. The molecule has 0 heterocycles. The number of hydrogen-bond acceptors (Lipinski definition) is 2. The van der Waals surface area contributed by atoms with Crippen LogP contribution in [0.15, 0.2) is 18.2 Å². The molecule has 0 spiro atoms. The summed E-state index contributed by atoms with van der Waals surface area (Å²) in [5, 5.41) is 0. The minimum Gasteiger partial charge on any atom is -0.493 e. The van der Waals surface area contributed by atoms with Crippen LogP contribution >= 0.6 is 0 Å². The van der Waals surface area contributed by atoms with Gasteiger partial charge in [-0.05, 0) is 36.8 Å². The molecule has 1 aliphatic carbocycles. The predicted molar refractivity (Wildman–Crippen MR) is 106 cm³/mol. The Hall–Kier alpha value is -1.31. The molecule has 2 rings (SSSR count). The number of carbonyl (C=O) groups excluding carboxylic acids is 1. The van der Waals surface area contributed by atoms with Gasteiger partial charge >= 0.3 is 0 Å². The van der Waals surface area contributed by atoms with Gasteiger partial charge in [-0.3, -0.25) is 4.79 Å². The highest BCUT2D eigenvalue weighted by molar-refractivity contribution is 5.80. The number of carbonyl (C=O) groups is 1. The average molecular weight is 345 g/mol. The third-order valence-corrected chi connectivity index (χ3v) is 5.49. The zero-order valence-electron chi connectivity index (χ0n) is 16.1. The van der Waals surface area contributed by atoms with Gasteiger partial charge in [0.1, 0.15) is 5.75 Å². The first kappa shape index (κ1) is 20.0. The summed E-state index contributed by atoms with van der Waals surface area (Å²) < 4.78 is 6.10. The Bertz CT molecular complexity index is 489. The summed E-state index contributed by atoms with van der Waals surface area (Å²) in [7, 11) is 0. The quantitative estimate of drug-likeness (QED) is 0.282. The largest absolute Gasteiger partial charge is 0.493 e. The third-order valence-electron chi connectivity index (χ3n) is 5.49. The van der Waals surface area contributed by atoms with E-state index in [0.29, 0.717) is 5.92 Å². The number of unbranched alkanes of at least 4 members (excludes halogenated alkanes) is 8. The van der Waals surface area contributed by atoms with E-state index in [4.69, 9.17) is 4.74 Å². The highest BCUT2D eigenvalue weighted by Gasteiger charge is 2.22. The zero-order valence-corrected chi connectivity index (χ0v) is 16.1. The molecule has 2 nitrogen and oxygen atoms in total. The Kier molecular flexibility index (Phi) is 9.69. The molecule has 0 radical (unpaired) electrons. The zero-order chi connectivity index (χ0) is 17.7.